The number of nitrogens with zero attached hydrogens (tertiary/aromatic N) is 1. The molecule has 0 unspecified atom stereocenters. The van der Waals surface area contributed by atoms with Crippen molar-refractivity contribution in [3.8, 4) is 0 Å². The standard InChI is InChI=1S/C16H15BrN2O/c1-10-6-11(3-5-15(10)17)16(20)19-8-12-2-4-14(18)7-13(12)9-19/h2-7H,8-9,18H2,1H3. The number of nitrogens with two attached hydrogens (primary N) is 1. The number of amides is 1. The Morgan fingerprint density at radius 2 is 1.90 bits per heavy atom. The normalized spacial score (nSPS) is 13.4. The van der Waals surface area contributed by atoms with E-state index in [-0.39, 0.29) is 5.91 Å². The molecule has 2 aromatic carbocycles. The van der Waals surface area contributed by atoms with Crippen LogP contribution in [-0.4, -0.2) is 10.8 Å². The van der Waals surface area contributed by atoms with Gasteiger partial charge >= 0.3 is 0 Å². The van der Waals surface area contributed by atoms with Gasteiger partial charge in [0.2, 0.25) is 0 Å². The molecule has 0 saturated carbocycles. The number of carbonyl (C=O) groups is 1. The summed E-state index contributed by atoms with van der Waals surface area (Å²) in [6, 6.07) is 11.5. The number of rotatable bonds is 1. The molecule has 2 aromatic rings. The Labute approximate surface area is 126 Å². The summed E-state index contributed by atoms with van der Waals surface area (Å²) in [5.74, 6) is 0.0652. The molecular formula is C16H15BrN2O. The summed E-state index contributed by atoms with van der Waals surface area (Å²) in [7, 11) is 0. The number of anilines is 1. The third-order valence-electron chi connectivity index (χ3n) is 3.64. The Hall–Kier alpha value is -1.81. The number of hydrogen-bond donors (Lipinski definition) is 1. The van der Waals surface area contributed by atoms with Crippen molar-refractivity contribution in [2.24, 2.45) is 0 Å². The molecule has 1 heterocycles. The fourth-order valence-electron chi connectivity index (χ4n) is 2.52. The van der Waals surface area contributed by atoms with Crippen molar-refractivity contribution in [1.82, 2.24) is 4.90 Å². The summed E-state index contributed by atoms with van der Waals surface area (Å²) in [5.41, 5.74) is 10.7. The maximum atomic E-state index is 12.5. The highest BCUT2D eigenvalue weighted by Gasteiger charge is 2.24. The van der Waals surface area contributed by atoms with Crippen molar-refractivity contribution < 1.29 is 4.79 Å². The first-order valence-corrected chi connectivity index (χ1v) is 7.26. The summed E-state index contributed by atoms with van der Waals surface area (Å²) in [6.45, 7) is 3.28. The quantitative estimate of drug-likeness (QED) is 0.813. The van der Waals surface area contributed by atoms with Crippen molar-refractivity contribution in [2.75, 3.05) is 5.73 Å². The first-order chi connectivity index (χ1) is 9.54. The van der Waals surface area contributed by atoms with E-state index in [1.54, 1.807) is 0 Å². The van der Waals surface area contributed by atoms with Crippen molar-refractivity contribution in [2.45, 2.75) is 20.0 Å². The Bertz CT molecular complexity index is 697. The predicted molar refractivity (Wildman–Crippen MR) is 83.3 cm³/mol. The molecule has 0 radical (unpaired) electrons. The van der Waals surface area contributed by atoms with Gasteiger partial charge in [-0.3, -0.25) is 4.79 Å². The Kier molecular flexibility index (Phi) is 3.26. The minimum atomic E-state index is 0.0652. The highest BCUT2D eigenvalue weighted by atomic mass is 79.9. The number of benzene rings is 2. The summed E-state index contributed by atoms with van der Waals surface area (Å²) >= 11 is 3.45. The van der Waals surface area contributed by atoms with Gasteiger partial charge in [0, 0.05) is 28.8 Å². The van der Waals surface area contributed by atoms with Crippen LogP contribution in [0.2, 0.25) is 0 Å². The average Bonchev–Trinajstić information content (AvgIpc) is 2.84. The number of hydrogen-bond acceptors (Lipinski definition) is 2. The zero-order valence-corrected chi connectivity index (χ0v) is 12.8. The van der Waals surface area contributed by atoms with Gasteiger partial charge in [-0.25, -0.2) is 0 Å². The van der Waals surface area contributed by atoms with Gasteiger partial charge in [-0.05, 0) is 53.9 Å². The molecule has 102 valence electrons. The minimum Gasteiger partial charge on any atom is -0.399 e. The van der Waals surface area contributed by atoms with Crippen LogP contribution in [0.25, 0.3) is 0 Å². The fourth-order valence-corrected chi connectivity index (χ4v) is 2.76. The third-order valence-corrected chi connectivity index (χ3v) is 4.53. The summed E-state index contributed by atoms with van der Waals surface area (Å²) in [4.78, 5) is 14.4. The maximum Gasteiger partial charge on any atom is 0.254 e. The van der Waals surface area contributed by atoms with E-state index in [0.717, 1.165) is 26.9 Å². The van der Waals surface area contributed by atoms with Crippen LogP contribution in [0.1, 0.15) is 27.0 Å². The molecule has 0 bridgehead atoms. The van der Waals surface area contributed by atoms with Gasteiger partial charge in [-0.15, -0.1) is 0 Å². The van der Waals surface area contributed by atoms with E-state index in [1.807, 2.05) is 48.2 Å². The van der Waals surface area contributed by atoms with Crippen molar-refractivity contribution in [1.29, 1.82) is 0 Å². The van der Waals surface area contributed by atoms with E-state index in [9.17, 15) is 4.79 Å². The molecule has 1 amide bonds. The van der Waals surface area contributed by atoms with E-state index >= 15 is 0 Å². The van der Waals surface area contributed by atoms with Crippen molar-refractivity contribution in [3.63, 3.8) is 0 Å². The molecule has 2 N–H and O–H groups in total. The lowest BCUT2D eigenvalue weighted by molar-refractivity contribution is 0.0751. The van der Waals surface area contributed by atoms with Gasteiger partial charge in [0.1, 0.15) is 0 Å². The van der Waals surface area contributed by atoms with Gasteiger partial charge in [0.15, 0.2) is 0 Å². The van der Waals surface area contributed by atoms with E-state index < -0.39 is 0 Å². The smallest absolute Gasteiger partial charge is 0.254 e. The number of nitrogen functional groups attached to an aromatic ring is 1. The van der Waals surface area contributed by atoms with Crippen LogP contribution in [0.4, 0.5) is 5.69 Å². The molecule has 1 aliphatic rings. The van der Waals surface area contributed by atoms with E-state index in [1.165, 1.54) is 5.56 Å². The van der Waals surface area contributed by atoms with Gasteiger partial charge < -0.3 is 10.6 Å². The monoisotopic (exact) mass is 330 g/mol. The van der Waals surface area contributed by atoms with E-state index in [4.69, 9.17) is 5.73 Å². The first kappa shape index (κ1) is 13.2. The molecule has 0 spiro atoms. The summed E-state index contributed by atoms with van der Waals surface area (Å²) < 4.78 is 1.02. The van der Waals surface area contributed by atoms with Crippen LogP contribution >= 0.6 is 15.9 Å². The van der Waals surface area contributed by atoms with Crippen LogP contribution < -0.4 is 5.73 Å². The zero-order valence-electron chi connectivity index (χ0n) is 11.2. The van der Waals surface area contributed by atoms with Crippen LogP contribution in [0, 0.1) is 6.92 Å². The molecule has 0 aliphatic carbocycles. The van der Waals surface area contributed by atoms with E-state index in [0.29, 0.717) is 13.1 Å². The lowest BCUT2D eigenvalue weighted by Gasteiger charge is -2.16. The lowest BCUT2D eigenvalue weighted by Crippen LogP contribution is -2.25. The summed E-state index contributed by atoms with van der Waals surface area (Å²) in [6.07, 6.45) is 0. The molecule has 4 heteroatoms. The minimum absolute atomic E-state index is 0.0652. The Morgan fingerprint density at radius 1 is 1.15 bits per heavy atom. The molecule has 20 heavy (non-hydrogen) atoms. The lowest BCUT2D eigenvalue weighted by atomic mass is 10.1. The third kappa shape index (κ3) is 2.31. The van der Waals surface area contributed by atoms with Crippen LogP contribution in [0.3, 0.4) is 0 Å². The molecule has 3 rings (SSSR count). The number of fused-ring (bicyclic) bond motifs is 1. The topological polar surface area (TPSA) is 46.3 Å². The van der Waals surface area contributed by atoms with Crippen molar-refractivity contribution in [3.05, 3.63) is 63.1 Å². The molecule has 1 aliphatic heterocycles. The Morgan fingerprint density at radius 3 is 2.65 bits per heavy atom. The van der Waals surface area contributed by atoms with Crippen LogP contribution in [-0.2, 0) is 13.1 Å². The maximum absolute atomic E-state index is 12.5. The second-order valence-corrected chi connectivity index (χ2v) is 6.01. The van der Waals surface area contributed by atoms with Crippen LogP contribution in [0.5, 0.6) is 0 Å². The van der Waals surface area contributed by atoms with Gasteiger partial charge in [-0.1, -0.05) is 22.0 Å². The van der Waals surface area contributed by atoms with Gasteiger partial charge in [-0.2, -0.15) is 0 Å². The fraction of sp³-hybridized carbons (Fsp3) is 0.188. The number of carbonyl (C=O) groups excluding carboxylic acids is 1. The Balaban J connectivity index is 1.85. The molecule has 3 nitrogen and oxygen atoms in total. The van der Waals surface area contributed by atoms with E-state index in [2.05, 4.69) is 15.9 Å². The molecule has 0 saturated heterocycles. The zero-order chi connectivity index (χ0) is 14.3. The van der Waals surface area contributed by atoms with Crippen molar-refractivity contribution >= 4 is 27.5 Å². The highest BCUT2D eigenvalue weighted by Crippen LogP contribution is 2.27. The molecular weight excluding hydrogens is 316 g/mol. The van der Waals surface area contributed by atoms with Gasteiger partial charge in [0.25, 0.3) is 5.91 Å². The highest BCUT2D eigenvalue weighted by molar-refractivity contribution is 9.10. The molecule has 0 aromatic heterocycles. The molecule has 0 atom stereocenters. The first-order valence-electron chi connectivity index (χ1n) is 6.47. The number of aryl methyl sites for hydroxylation is 1. The SMILES string of the molecule is Cc1cc(C(=O)N2Cc3ccc(N)cc3C2)ccc1Br. The molecule has 0 fully saturated rings. The average molecular weight is 331 g/mol. The summed E-state index contributed by atoms with van der Waals surface area (Å²) in [5, 5.41) is 0. The number of halogens is 1. The largest absolute Gasteiger partial charge is 0.399 e. The predicted octanol–water partition coefficient (Wildman–Crippen LogP) is 3.50. The second-order valence-electron chi connectivity index (χ2n) is 5.15. The van der Waals surface area contributed by atoms with Crippen LogP contribution in [0.15, 0.2) is 40.9 Å². The van der Waals surface area contributed by atoms with Gasteiger partial charge in [0.05, 0.1) is 0 Å². The second kappa shape index (κ2) is 4.94.